The average Bonchev–Trinajstić information content (AvgIpc) is 2.18. The van der Waals surface area contributed by atoms with E-state index in [1.807, 2.05) is 6.26 Å². The van der Waals surface area contributed by atoms with E-state index in [2.05, 4.69) is 9.97 Å². The molecule has 1 atom stereocenters. The molecule has 6 heteroatoms. The summed E-state index contributed by atoms with van der Waals surface area (Å²) in [7, 11) is 0. The molecular weight excluding hydrogens is 220 g/mol. The Kier molecular flexibility index (Phi) is 6.82. The summed E-state index contributed by atoms with van der Waals surface area (Å²) in [4.78, 5) is 9.36. The Bertz CT molecular complexity index is 254. The van der Waals surface area contributed by atoms with E-state index in [9.17, 15) is 0 Å². The van der Waals surface area contributed by atoms with E-state index in [1.165, 1.54) is 0 Å². The Morgan fingerprint density at radius 2 is 2.00 bits per heavy atom. The first-order valence-corrected chi connectivity index (χ1v) is 5.32. The molecule has 1 unspecified atom stereocenters. The summed E-state index contributed by atoms with van der Waals surface area (Å²) in [6.07, 6.45) is 6.27. The van der Waals surface area contributed by atoms with Crippen molar-refractivity contribution < 1.29 is 0 Å². The number of halogens is 1. The van der Waals surface area contributed by atoms with Crippen LogP contribution in [-0.4, -0.2) is 22.8 Å². The second kappa shape index (κ2) is 7.00. The van der Waals surface area contributed by atoms with Crippen molar-refractivity contribution in [2.45, 2.75) is 17.4 Å². The van der Waals surface area contributed by atoms with Crippen LogP contribution in [0.1, 0.15) is 18.3 Å². The van der Waals surface area contributed by atoms with Crippen LogP contribution in [0.2, 0.25) is 0 Å². The summed E-state index contributed by atoms with van der Waals surface area (Å²) in [5, 5.41) is 0. The molecule has 0 spiro atoms. The van der Waals surface area contributed by atoms with E-state index in [0.717, 1.165) is 11.3 Å². The van der Waals surface area contributed by atoms with E-state index in [-0.39, 0.29) is 18.4 Å². The molecule has 0 radical (unpaired) electrons. The van der Waals surface area contributed by atoms with Gasteiger partial charge in [0.15, 0.2) is 0 Å². The van der Waals surface area contributed by atoms with Crippen LogP contribution < -0.4 is 11.5 Å². The minimum absolute atomic E-state index is 0. The van der Waals surface area contributed by atoms with Crippen LogP contribution in [0, 0.1) is 0 Å². The van der Waals surface area contributed by atoms with Crippen molar-refractivity contribution in [3.05, 3.63) is 18.2 Å². The lowest BCUT2D eigenvalue weighted by Gasteiger charge is -2.07. The summed E-state index contributed by atoms with van der Waals surface area (Å²) >= 11 is 1.61. The molecule has 4 nitrogen and oxygen atoms in total. The lowest BCUT2D eigenvalue weighted by molar-refractivity contribution is 0.618. The van der Waals surface area contributed by atoms with Crippen LogP contribution in [0.3, 0.4) is 0 Å². The first-order chi connectivity index (χ1) is 6.27. The lowest BCUT2D eigenvalue weighted by Crippen LogP contribution is -2.17. The summed E-state index contributed by atoms with van der Waals surface area (Å²) < 4.78 is 0. The summed E-state index contributed by atoms with van der Waals surface area (Å²) in [6.45, 7) is 0.564. The van der Waals surface area contributed by atoms with Gasteiger partial charge in [-0.05, 0) is 19.2 Å². The predicted octanol–water partition coefficient (Wildman–Crippen LogP) is 0.969. The molecular formula is C8H15ClN4S. The number of hydrogen-bond acceptors (Lipinski definition) is 5. The molecule has 1 aromatic heterocycles. The predicted molar refractivity (Wildman–Crippen MR) is 61.7 cm³/mol. The number of nitrogens with two attached hydrogens (primary N) is 2. The van der Waals surface area contributed by atoms with Crippen molar-refractivity contribution in [2.75, 3.05) is 12.8 Å². The Balaban J connectivity index is 0.00000169. The molecule has 0 aromatic carbocycles. The minimum atomic E-state index is -0.138. The molecule has 0 amide bonds. The van der Waals surface area contributed by atoms with Gasteiger partial charge in [0.2, 0.25) is 0 Å². The van der Waals surface area contributed by atoms with Crippen LogP contribution in [0.25, 0.3) is 0 Å². The Morgan fingerprint density at radius 3 is 2.43 bits per heavy atom. The monoisotopic (exact) mass is 234 g/mol. The first kappa shape index (κ1) is 13.6. The van der Waals surface area contributed by atoms with Crippen LogP contribution in [0.5, 0.6) is 0 Å². The molecule has 4 N–H and O–H groups in total. The van der Waals surface area contributed by atoms with Gasteiger partial charge in [-0.25, -0.2) is 9.97 Å². The molecule has 0 bridgehead atoms. The van der Waals surface area contributed by atoms with E-state index in [4.69, 9.17) is 11.5 Å². The standard InChI is InChI=1S/C8H14N4S.ClH/c1-13-6-4-11-8(12-5-6)7(10)2-3-9;/h4-5,7H,2-3,9-10H2,1H3;1H. The van der Waals surface area contributed by atoms with Gasteiger partial charge in [-0.15, -0.1) is 24.2 Å². The molecule has 14 heavy (non-hydrogen) atoms. The van der Waals surface area contributed by atoms with Gasteiger partial charge in [-0.1, -0.05) is 0 Å². The van der Waals surface area contributed by atoms with Gasteiger partial charge < -0.3 is 11.5 Å². The highest BCUT2D eigenvalue weighted by atomic mass is 35.5. The fraction of sp³-hybridized carbons (Fsp3) is 0.500. The van der Waals surface area contributed by atoms with Crippen molar-refractivity contribution in [2.24, 2.45) is 11.5 Å². The number of nitrogens with zero attached hydrogens (tertiary/aromatic N) is 2. The molecule has 0 fully saturated rings. The lowest BCUT2D eigenvalue weighted by atomic mass is 10.2. The first-order valence-electron chi connectivity index (χ1n) is 4.09. The third kappa shape index (κ3) is 3.79. The molecule has 1 heterocycles. The smallest absolute Gasteiger partial charge is 0.144 e. The SMILES string of the molecule is CSc1cnc(C(N)CCN)nc1.Cl. The van der Waals surface area contributed by atoms with Crippen molar-refractivity contribution >= 4 is 24.2 Å². The maximum absolute atomic E-state index is 5.79. The fourth-order valence-corrected chi connectivity index (χ4v) is 1.25. The zero-order valence-corrected chi connectivity index (χ0v) is 9.64. The molecule has 0 saturated heterocycles. The maximum atomic E-state index is 5.79. The van der Waals surface area contributed by atoms with E-state index < -0.39 is 0 Å². The third-order valence-electron chi connectivity index (χ3n) is 1.69. The van der Waals surface area contributed by atoms with Crippen molar-refractivity contribution in [1.29, 1.82) is 0 Å². The maximum Gasteiger partial charge on any atom is 0.144 e. The average molecular weight is 235 g/mol. The van der Waals surface area contributed by atoms with Gasteiger partial charge >= 0.3 is 0 Å². The van der Waals surface area contributed by atoms with Crippen LogP contribution in [0.4, 0.5) is 0 Å². The van der Waals surface area contributed by atoms with Gasteiger partial charge in [0.1, 0.15) is 5.82 Å². The van der Waals surface area contributed by atoms with Crippen LogP contribution in [-0.2, 0) is 0 Å². The number of aromatic nitrogens is 2. The molecule has 80 valence electrons. The van der Waals surface area contributed by atoms with E-state index in [1.54, 1.807) is 24.2 Å². The van der Waals surface area contributed by atoms with Gasteiger partial charge in [-0.2, -0.15) is 0 Å². The third-order valence-corrected chi connectivity index (χ3v) is 2.38. The minimum Gasteiger partial charge on any atom is -0.330 e. The zero-order valence-electron chi connectivity index (χ0n) is 8.01. The molecule has 1 rings (SSSR count). The Hall–Kier alpha value is -0.360. The molecule has 0 aliphatic rings. The van der Waals surface area contributed by atoms with Crippen molar-refractivity contribution in [1.82, 2.24) is 9.97 Å². The summed E-state index contributed by atoms with van der Waals surface area (Å²) in [5.41, 5.74) is 11.2. The van der Waals surface area contributed by atoms with Gasteiger partial charge in [0.25, 0.3) is 0 Å². The topological polar surface area (TPSA) is 77.8 Å². The number of hydrogen-bond donors (Lipinski definition) is 2. The highest BCUT2D eigenvalue weighted by molar-refractivity contribution is 7.98. The second-order valence-electron chi connectivity index (χ2n) is 2.66. The zero-order chi connectivity index (χ0) is 9.68. The number of thioether (sulfide) groups is 1. The highest BCUT2D eigenvalue weighted by Crippen LogP contribution is 2.13. The summed E-state index contributed by atoms with van der Waals surface area (Å²) in [6, 6.07) is -0.138. The molecule has 0 aliphatic carbocycles. The van der Waals surface area contributed by atoms with Gasteiger partial charge in [0, 0.05) is 17.3 Å². The Labute approximate surface area is 94.3 Å². The van der Waals surface area contributed by atoms with Crippen molar-refractivity contribution in [3.63, 3.8) is 0 Å². The van der Waals surface area contributed by atoms with E-state index >= 15 is 0 Å². The molecule has 1 aromatic rings. The normalized spacial score (nSPS) is 11.9. The fourth-order valence-electron chi connectivity index (χ4n) is 0.932. The van der Waals surface area contributed by atoms with Crippen molar-refractivity contribution in [3.8, 4) is 0 Å². The van der Waals surface area contributed by atoms with Crippen LogP contribution >= 0.6 is 24.2 Å². The quantitative estimate of drug-likeness (QED) is 0.760. The Morgan fingerprint density at radius 1 is 1.43 bits per heavy atom. The van der Waals surface area contributed by atoms with Crippen LogP contribution in [0.15, 0.2) is 17.3 Å². The van der Waals surface area contributed by atoms with Gasteiger partial charge in [-0.3, -0.25) is 0 Å². The van der Waals surface area contributed by atoms with Gasteiger partial charge in [0.05, 0.1) is 6.04 Å². The largest absolute Gasteiger partial charge is 0.330 e. The number of rotatable bonds is 4. The molecule has 0 saturated carbocycles. The second-order valence-corrected chi connectivity index (χ2v) is 3.54. The summed E-state index contributed by atoms with van der Waals surface area (Å²) in [5.74, 6) is 0.670. The van der Waals surface area contributed by atoms with E-state index in [0.29, 0.717) is 12.4 Å². The molecule has 0 aliphatic heterocycles. The highest BCUT2D eigenvalue weighted by Gasteiger charge is 2.07.